The van der Waals surface area contributed by atoms with E-state index >= 15 is 0 Å². The molecule has 0 radical (unpaired) electrons. The maximum atomic E-state index is 7.40. The number of nitrogens with zero attached hydrogens (tertiary/aromatic N) is 4. The molecule has 0 aliphatic rings. The largest absolute Gasteiger partial charge is 0.231 e. The normalized spacial score (nSPS) is 11.7. The van der Waals surface area contributed by atoms with Gasteiger partial charge in [0.15, 0.2) is 0 Å². The molecule has 0 atom stereocenters. The third-order valence-corrected chi connectivity index (χ3v) is 8.99. The first-order valence-electron chi connectivity index (χ1n) is 15.0. The van der Waals surface area contributed by atoms with Gasteiger partial charge < -0.3 is 0 Å². The highest BCUT2D eigenvalue weighted by Gasteiger charge is 2.21. The van der Waals surface area contributed by atoms with Crippen molar-refractivity contribution in [2.24, 2.45) is 0 Å². The van der Waals surface area contributed by atoms with Crippen molar-refractivity contribution in [2.45, 2.75) is 0 Å². The van der Waals surface area contributed by atoms with Crippen molar-refractivity contribution >= 4 is 55.0 Å². The maximum absolute atomic E-state index is 7.40. The minimum absolute atomic E-state index is 0.576. The summed E-state index contributed by atoms with van der Waals surface area (Å²) in [4.78, 5) is 0. The first kappa shape index (κ1) is 25.8. The number of hydrogen-bond acceptors (Lipinski definition) is 2. The molecule has 0 fully saturated rings. The molecule has 2 aromatic heterocycles. The van der Waals surface area contributed by atoms with E-state index < -0.39 is 0 Å². The molecule has 0 saturated heterocycles. The lowest BCUT2D eigenvalue weighted by Gasteiger charge is -2.12. The SMILES string of the molecule is Clc1c(-n2nc(-c3ccccc3)c3cc4ccccc4cc32)cccc1-n1nc(-c2ccccc2)c2cc3ccccc3cc21. The van der Waals surface area contributed by atoms with Crippen molar-refractivity contribution in [1.29, 1.82) is 0 Å². The summed E-state index contributed by atoms with van der Waals surface area (Å²) in [5, 5.41) is 17.8. The Labute approximate surface area is 264 Å². The van der Waals surface area contributed by atoms with E-state index in [1.165, 1.54) is 10.8 Å². The van der Waals surface area contributed by atoms with Crippen molar-refractivity contribution in [1.82, 2.24) is 19.6 Å². The van der Waals surface area contributed by atoms with Crippen LogP contribution >= 0.6 is 11.6 Å². The van der Waals surface area contributed by atoms with Gasteiger partial charge in [0.25, 0.3) is 0 Å². The van der Waals surface area contributed by atoms with Crippen LogP contribution in [0, 0.1) is 0 Å². The van der Waals surface area contributed by atoms with Crippen molar-refractivity contribution < 1.29 is 0 Å². The molecule has 7 aromatic carbocycles. The van der Waals surface area contributed by atoms with Crippen LogP contribution in [0.3, 0.4) is 0 Å². The summed E-state index contributed by atoms with van der Waals surface area (Å²) < 4.78 is 3.96. The highest BCUT2D eigenvalue weighted by molar-refractivity contribution is 6.34. The van der Waals surface area contributed by atoms with Crippen LogP contribution in [0.2, 0.25) is 5.02 Å². The fourth-order valence-electron chi connectivity index (χ4n) is 6.42. The molecule has 9 rings (SSSR count). The topological polar surface area (TPSA) is 35.6 Å². The third kappa shape index (κ3) is 4.15. The molecule has 5 heteroatoms. The summed E-state index contributed by atoms with van der Waals surface area (Å²) in [6.45, 7) is 0. The summed E-state index contributed by atoms with van der Waals surface area (Å²) in [6, 6.07) is 52.4. The Hall–Kier alpha value is -5.71. The van der Waals surface area contributed by atoms with Gasteiger partial charge in [0.2, 0.25) is 0 Å². The third-order valence-electron chi connectivity index (χ3n) is 8.60. The number of rotatable bonds is 4. The quantitative estimate of drug-likeness (QED) is 0.202. The van der Waals surface area contributed by atoms with Gasteiger partial charge in [0.05, 0.1) is 27.4 Å². The van der Waals surface area contributed by atoms with E-state index in [1.54, 1.807) is 0 Å². The second kappa shape index (κ2) is 10.2. The number of benzene rings is 7. The lowest BCUT2D eigenvalue weighted by molar-refractivity contribution is 0.890. The van der Waals surface area contributed by atoms with Gasteiger partial charge in [0, 0.05) is 21.9 Å². The molecule has 45 heavy (non-hydrogen) atoms. The van der Waals surface area contributed by atoms with E-state index in [9.17, 15) is 0 Å². The predicted molar refractivity (Wildman–Crippen MR) is 187 cm³/mol. The molecule has 0 unspecified atom stereocenters. The minimum Gasteiger partial charge on any atom is -0.231 e. The van der Waals surface area contributed by atoms with E-state index in [0.717, 1.165) is 66.5 Å². The molecule has 0 aliphatic carbocycles. The van der Waals surface area contributed by atoms with Gasteiger partial charge >= 0.3 is 0 Å². The average Bonchev–Trinajstić information content (AvgIpc) is 3.65. The van der Waals surface area contributed by atoms with Crippen LogP contribution in [0.5, 0.6) is 0 Å². The van der Waals surface area contributed by atoms with Gasteiger partial charge in [-0.2, -0.15) is 10.2 Å². The number of aromatic nitrogens is 4. The molecule has 0 spiro atoms. The predicted octanol–water partition coefficient (Wildman–Crippen LogP) is 10.7. The summed E-state index contributed by atoms with van der Waals surface area (Å²) in [5.74, 6) is 0. The Morgan fingerprint density at radius 3 is 1.20 bits per heavy atom. The van der Waals surface area contributed by atoms with E-state index in [-0.39, 0.29) is 0 Å². The van der Waals surface area contributed by atoms with Crippen molar-refractivity contribution in [3.8, 4) is 33.9 Å². The zero-order chi connectivity index (χ0) is 29.9. The smallest absolute Gasteiger partial charge is 0.101 e. The Morgan fingerprint density at radius 2 is 0.778 bits per heavy atom. The molecular weight excluding hydrogens is 572 g/mol. The first-order valence-corrected chi connectivity index (χ1v) is 15.3. The molecule has 212 valence electrons. The molecule has 0 aliphatic heterocycles. The molecule has 0 N–H and O–H groups in total. The van der Waals surface area contributed by atoms with E-state index in [4.69, 9.17) is 21.8 Å². The number of fused-ring (bicyclic) bond motifs is 4. The van der Waals surface area contributed by atoms with Crippen LogP contribution in [0.1, 0.15) is 0 Å². The Balaban J connectivity index is 1.31. The average molecular weight is 597 g/mol. The molecule has 0 amide bonds. The molecule has 0 bridgehead atoms. The fraction of sp³-hybridized carbons (Fsp3) is 0. The van der Waals surface area contributed by atoms with Crippen molar-refractivity contribution in [3.05, 3.63) is 157 Å². The van der Waals surface area contributed by atoms with Gasteiger partial charge in [-0.25, -0.2) is 9.36 Å². The van der Waals surface area contributed by atoms with Gasteiger partial charge in [-0.1, -0.05) is 127 Å². The summed E-state index contributed by atoms with van der Waals surface area (Å²) in [6.07, 6.45) is 0. The zero-order valence-corrected chi connectivity index (χ0v) is 24.9. The molecule has 9 aromatic rings. The maximum Gasteiger partial charge on any atom is 0.101 e. The van der Waals surface area contributed by atoms with Gasteiger partial charge in [-0.3, -0.25) is 0 Å². The summed E-state index contributed by atoms with van der Waals surface area (Å²) >= 11 is 7.40. The summed E-state index contributed by atoms with van der Waals surface area (Å²) in [5.41, 5.74) is 7.52. The van der Waals surface area contributed by atoms with Crippen LogP contribution in [-0.2, 0) is 0 Å². The van der Waals surface area contributed by atoms with Gasteiger partial charge in [-0.05, 0) is 57.9 Å². The van der Waals surface area contributed by atoms with E-state index in [2.05, 4.69) is 97.1 Å². The van der Waals surface area contributed by atoms with Gasteiger partial charge in [0.1, 0.15) is 11.4 Å². The standard InChI is InChI=1S/C40H25ClN4/c41-38-34(44-36-24-30-18-9-7-16-28(30)22-32(36)39(42-44)26-12-3-1-4-13-26)20-11-21-35(38)45-37-25-31-19-10-8-17-29(31)23-33(37)40(43-45)27-14-5-2-6-15-27/h1-25H. The lowest BCUT2D eigenvalue weighted by atomic mass is 10.0. The number of hydrogen-bond donors (Lipinski definition) is 0. The minimum atomic E-state index is 0.576. The Kier molecular flexibility index (Phi) is 5.83. The molecule has 0 saturated carbocycles. The second-order valence-electron chi connectivity index (χ2n) is 11.3. The van der Waals surface area contributed by atoms with Crippen molar-refractivity contribution in [2.75, 3.05) is 0 Å². The molecule has 4 nitrogen and oxygen atoms in total. The Morgan fingerprint density at radius 1 is 0.400 bits per heavy atom. The van der Waals surface area contributed by atoms with E-state index in [0.29, 0.717) is 5.02 Å². The highest BCUT2D eigenvalue weighted by Crippen LogP contribution is 2.38. The van der Waals surface area contributed by atoms with Crippen LogP contribution in [-0.4, -0.2) is 19.6 Å². The van der Waals surface area contributed by atoms with Crippen LogP contribution < -0.4 is 0 Å². The number of halogens is 1. The van der Waals surface area contributed by atoms with E-state index in [1.807, 2.05) is 64.0 Å². The summed E-state index contributed by atoms with van der Waals surface area (Å²) in [7, 11) is 0. The lowest BCUT2D eigenvalue weighted by Crippen LogP contribution is -2.03. The fourth-order valence-corrected chi connectivity index (χ4v) is 6.71. The monoisotopic (exact) mass is 596 g/mol. The Bertz CT molecular complexity index is 2370. The van der Waals surface area contributed by atoms with Crippen LogP contribution in [0.15, 0.2) is 152 Å². The van der Waals surface area contributed by atoms with Crippen LogP contribution in [0.4, 0.5) is 0 Å². The molecular formula is C40H25ClN4. The molecule has 2 heterocycles. The van der Waals surface area contributed by atoms with Crippen LogP contribution in [0.25, 0.3) is 77.2 Å². The van der Waals surface area contributed by atoms with Gasteiger partial charge in [-0.15, -0.1) is 0 Å². The second-order valence-corrected chi connectivity index (χ2v) is 11.7. The van der Waals surface area contributed by atoms with Crippen molar-refractivity contribution in [3.63, 3.8) is 0 Å². The zero-order valence-electron chi connectivity index (χ0n) is 24.1. The first-order chi connectivity index (χ1) is 22.2. The highest BCUT2D eigenvalue weighted by atomic mass is 35.5.